The highest BCUT2D eigenvalue weighted by Gasteiger charge is 2.23. The second-order valence-electron chi connectivity index (χ2n) is 6.51. The van der Waals surface area contributed by atoms with Gasteiger partial charge in [0.05, 0.1) is 17.5 Å². The first-order valence-electron chi connectivity index (χ1n) is 8.74. The van der Waals surface area contributed by atoms with E-state index in [1.165, 1.54) is 25.3 Å². The molecule has 0 unspecified atom stereocenters. The van der Waals surface area contributed by atoms with Crippen LogP contribution in [-0.2, 0) is 9.84 Å². The van der Waals surface area contributed by atoms with E-state index in [4.69, 9.17) is 4.74 Å². The van der Waals surface area contributed by atoms with Crippen molar-refractivity contribution in [1.82, 2.24) is 4.98 Å². The Morgan fingerprint density at radius 2 is 1.57 bits per heavy atom. The minimum atomic E-state index is -4.38. The van der Waals surface area contributed by atoms with Crippen molar-refractivity contribution in [3.8, 4) is 16.9 Å². The zero-order chi connectivity index (χ0) is 21.5. The predicted molar refractivity (Wildman–Crippen MR) is 105 cm³/mol. The molecule has 0 bridgehead atoms. The van der Waals surface area contributed by atoms with Gasteiger partial charge in [0.25, 0.3) is 0 Å². The molecule has 30 heavy (non-hydrogen) atoms. The van der Waals surface area contributed by atoms with Gasteiger partial charge in [0.15, 0.2) is 5.03 Å². The normalized spacial score (nSPS) is 11.6. The summed E-state index contributed by atoms with van der Waals surface area (Å²) in [6, 6.07) is 14.0. The van der Waals surface area contributed by atoms with Crippen LogP contribution in [0.25, 0.3) is 22.0 Å². The first kappa shape index (κ1) is 19.9. The molecule has 1 aromatic heterocycles. The Bertz CT molecular complexity index is 1370. The van der Waals surface area contributed by atoms with Crippen LogP contribution in [0.4, 0.5) is 13.2 Å². The third-order valence-electron chi connectivity index (χ3n) is 4.55. The number of methoxy groups -OCH3 is 1. The van der Waals surface area contributed by atoms with Gasteiger partial charge in [-0.05, 0) is 53.6 Å². The molecule has 1 heterocycles. The molecule has 4 nitrogen and oxygen atoms in total. The van der Waals surface area contributed by atoms with Crippen molar-refractivity contribution in [3.05, 3.63) is 84.2 Å². The van der Waals surface area contributed by atoms with E-state index in [2.05, 4.69) is 4.98 Å². The van der Waals surface area contributed by atoms with Crippen molar-refractivity contribution in [2.24, 2.45) is 0 Å². The molecule has 152 valence electrons. The molecular weight excluding hydrogens is 415 g/mol. The van der Waals surface area contributed by atoms with Crippen LogP contribution in [0.1, 0.15) is 0 Å². The second kappa shape index (κ2) is 7.46. The molecule has 0 atom stereocenters. The molecule has 0 amide bonds. The molecule has 4 rings (SSSR count). The van der Waals surface area contributed by atoms with Crippen LogP contribution in [-0.4, -0.2) is 20.5 Å². The topological polar surface area (TPSA) is 56.3 Å². The van der Waals surface area contributed by atoms with Gasteiger partial charge in [-0.3, -0.25) is 0 Å². The lowest BCUT2D eigenvalue weighted by molar-refractivity contribution is 0.415. The highest BCUT2D eigenvalue weighted by Crippen LogP contribution is 2.34. The van der Waals surface area contributed by atoms with Gasteiger partial charge in [0, 0.05) is 17.5 Å². The molecule has 0 saturated carbocycles. The number of fused-ring (bicyclic) bond motifs is 1. The molecule has 0 fully saturated rings. The van der Waals surface area contributed by atoms with Gasteiger partial charge in [-0.25, -0.2) is 26.6 Å². The molecule has 0 aliphatic rings. The van der Waals surface area contributed by atoms with Crippen molar-refractivity contribution in [3.63, 3.8) is 0 Å². The highest BCUT2D eigenvalue weighted by atomic mass is 32.2. The summed E-state index contributed by atoms with van der Waals surface area (Å²) >= 11 is 0. The number of sulfone groups is 1. The summed E-state index contributed by atoms with van der Waals surface area (Å²) in [6.45, 7) is 0. The molecular formula is C22H14F3NO3S. The average Bonchev–Trinajstić information content (AvgIpc) is 2.72. The molecule has 3 aromatic carbocycles. The second-order valence-corrected chi connectivity index (χ2v) is 8.41. The number of benzene rings is 3. The molecule has 0 radical (unpaired) electrons. The van der Waals surface area contributed by atoms with E-state index in [1.54, 1.807) is 24.3 Å². The smallest absolute Gasteiger partial charge is 0.224 e. The number of rotatable bonds is 4. The van der Waals surface area contributed by atoms with Gasteiger partial charge in [-0.2, -0.15) is 0 Å². The van der Waals surface area contributed by atoms with E-state index in [1.807, 2.05) is 0 Å². The fourth-order valence-corrected chi connectivity index (χ4v) is 4.42. The molecule has 0 spiro atoms. The third kappa shape index (κ3) is 3.61. The lowest BCUT2D eigenvalue weighted by atomic mass is 10.0. The van der Waals surface area contributed by atoms with Crippen molar-refractivity contribution in [1.29, 1.82) is 0 Å². The Morgan fingerprint density at radius 1 is 0.833 bits per heavy atom. The van der Waals surface area contributed by atoms with Crippen molar-refractivity contribution in [2.45, 2.75) is 9.92 Å². The number of hydrogen-bond donors (Lipinski definition) is 0. The average molecular weight is 429 g/mol. The maximum atomic E-state index is 13.8. The molecule has 0 N–H and O–H groups in total. The molecule has 0 saturated heterocycles. The summed E-state index contributed by atoms with van der Waals surface area (Å²) in [6.07, 6.45) is 0. The summed E-state index contributed by atoms with van der Waals surface area (Å²) in [5.41, 5.74) is 1.15. The first-order chi connectivity index (χ1) is 14.3. The number of halogens is 3. The zero-order valence-corrected chi connectivity index (χ0v) is 16.4. The van der Waals surface area contributed by atoms with Crippen LogP contribution in [0.3, 0.4) is 0 Å². The van der Waals surface area contributed by atoms with Gasteiger partial charge in [-0.15, -0.1) is 0 Å². The standard InChI is InChI=1S/C22H14F3NO3S/c1-29-17-4-2-3-13(7-17)20-12-22(26-21-11-14(23)5-6-19(20)21)30(27,28)18-9-15(24)8-16(25)10-18/h2-12H,1H3. The van der Waals surface area contributed by atoms with Crippen molar-refractivity contribution >= 4 is 20.7 Å². The van der Waals surface area contributed by atoms with E-state index in [-0.39, 0.29) is 5.52 Å². The summed E-state index contributed by atoms with van der Waals surface area (Å²) in [7, 11) is -2.89. The number of pyridine rings is 1. The highest BCUT2D eigenvalue weighted by molar-refractivity contribution is 7.91. The SMILES string of the molecule is COc1cccc(-c2cc(S(=O)(=O)c3cc(F)cc(F)c3)nc3cc(F)ccc23)c1. The van der Waals surface area contributed by atoms with Gasteiger partial charge in [0.2, 0.25) is 9.84 Å². The number of ether oxygens (including phenoxy) is 1. The van der Waals surface area contributed by atoms with E-state index in [0.717, 1.165) is 6.07 Å². The number of nitrogens with zero attached hydrogens (tertiary/aromatic N) is 1. The number of hydrogen-bond acceptors (Lipinski definition) is 4. The minimum Gasteiger partial charge on any atom is -0.497 e. The molecule has 0 aliphatic heterocycles. The van der Waals surface area contributed by atoms with Gasteiger partial charge in [-0.1, -0.05) is 12.1 Å². The summed E-state index contributed by atoms with van der Waals surface area (Å²) < 4.78 is 72.4. The fraction of sp³-hybridized carbons (Fsp3) is 0.0455. The summed E-state index contributed by atoms with van der Waals surface area (Å²) in [5.74, 6) is -2.13. The lowest BCUT2D eigenvalue weighted by Gasteiger charge is -2.12. The van der Waals surface area contributed by atoms with Crippen LogP contribution in [0.2, 0.25) is 0 Å². The molecule has 4 aromatic rings. The maximum absolute atomic E-state index is 13.8. The Morgan fingerprint density at radius 3 is 2.27 bits per heavy atom. The Labute approximate surface area is 170 Å². The Hall–Kier alpha value is -3.39. The van der Waals surface area contributed by atoms with Crippen LogP contribution >= 0.6 is 0 Å². The van der Waals surface area contributed by atoms with Gasteiger partial charge < -0.3 is 4.74 Å². The van der Waals surface area contributed by atoms with Crippen molar-refractivity contribution < 1.29 is 26.3 Å². The number of aromatic nitrogens is 1. The third-order valence-corrected chi connectivity index (χ3v) is 6.17. The first-order valence-corrected chi connectivity index (χ1v) is 10.2. The predicted octanol–water partition coefficient (Wildman–Crippen LogP) is 5.16. The van der Waals surface area contributed by atoms with Gasteiger partial charge in [0.1, 0.15) is 23.2 Å². The Balaban J connectivity index is 2.01. The minimum absolute atomic E-state index is 0.0887. The largest absolute Gasteiger partial charge is 0.497 e. The fourth-order valence-electron chi connectivity index (χ4n) is 3.15. The summed E-state index contributed by atoms with van der Waals surface area (Å²) in [5, 5.41) is 0.0532. The van der Waals surface area contributed by atoms with Crippen molar-refractivity contribution in [2.75, 3.05) is 7.11 Å². The van der Waals surface area contributed by atoms with E-state index in [0.29, 0.717) is 40.5 Å². The quantitative estimate of drug-likeness (QED) is 0.450. The van der Waals surface area contributed by atoms with E-state index < -0.39 is 37.2 Å². The van der Waals surface area contributed by atoms with Crippen LogP contribution < -0.4 is 4.74 Å². The van der Waals surface area contributed by atoms with Crippen LogP contribution in [0, 0.1) is 17.5 Å². The molecule has 8 heteroatoms. The monoisotopic (exact) mass is 429 g/mol. The lowest BCUT2D eigenvalue weighted by Crippen LogP contribution is -2.06. The van der Waals surface area contributed by atoms with E-state index >= 15 is 0 Å². The molecule has 0 aliphatic carbocycles. The van der Waals surface area contributed by atoms with E-state index in [9.17, 15) is 21.6 Å². The zero-order valence-electron chi connectivity index (χ0n) is 15.6. The van der Waals surface area contributed by atoms with Crippen LogP contribution in [0.15, 0.2) is 76.7 Å². The maximum Gasteiger partial charge on any atom is 0.224 e. The van der Waals surface area contributed by atoms with Crippen LogP contribution in [0.5, 0.6) is 5.75 Å². The Kier molecular flexibility index (Phi) is 4.95. The van der Waals surface area contributed by atoms with Gasteiger partial charge >= 0.3 is 0 Å². The summed E-state index contributed by atoms with van der Waals surface area (Å²) in [4.78, 5) is 3.48.